The number of benzene rings is 4. The van der Waals surface area contributed by atoms with Gasteiger partial charge >= 0.3 is 5.97 Å². The SMILES string of the molecule is O=C(CC(CCc1ccccc1)C(=O)O)c1ccc(-c2ccc(NC(=O)C3(c4ccc(Cl)cc4Cl)CC3)cc2)cc1. The zero-order valence-corrected chi connectivity index (χ0v) is 23.8. The number of carbonyl (C=O) groups is 3. The summed E-state index contributed by atoms with van der Waals surface area (Å²) in [6.45, 7) is 0. The maximum atomic E-state index is 13.2. The average Bonchev–Trinajstić information content (AvgIpc) is 3.78. The first-order valence-corrected chi connectivity index (χ1v) is 14.3. The van der Waals surface area contributed by atoms with E-state index < -0.39 is 17.3 Å². The Labute approximate surface area is 249 Å². The fourth-order valence-electron chi connectivity index (χ4n) is 5.11. The molecule has 0 aromatic heterocycles. The molecular formula is C34H29Cl2NO4. The highest BCUT2D eigenvalue weighted by molar-refractivity contribution is 6.35. The number of hydrogen-bond donors (Lipinski definition) is 2. The molecule has 4 aromatic carbocycles. The Kier molecular flexibility index (Phi) is 8.57. The number of carboxylic acid groups (broad SMARTS) is 1. The van der Waals surface area contributed by atoms with E-state index in [1.807, 2.05) is 72.8 Å². The van der Waals surface area contributed by atoms with Gasteiger partial charge in [-0.05, 0) is 72.2 Å². The van der Waals surface area contributed by atoms with E-state index in [1.165, 1.54) is 0 Å². The van der Waals surface area contributed by atoms with Crippen molar-refractivity contribution < 1.29 is 19.5 Å². The molecule has 1 aliphatic rings. The molecular weight excluding hydrogens is 557 g/mol. The van der Waals surface area contributed by atoms with Crippen LogP contribution in [0.2, 0.25) is 10.0 Å². The van der Waals surface area contributed by atoms with Gasteiger partial charge in [0.1, 0.15) is 0 Å². The van der Waals surface area contributed by atoms with Crippen molar-refractivity contribution in [3.05, 3.63) is 124 Å². The lowest BCUT2D eigenvalue weighted by Crippen LogP contribution is -2.28. The second-order valence-corrected chi connectivity index (χ2v) is 11.3. The first-order chi connectivity index (χ1) is 19.7. The summed E-state index contributed by atoms with van der Waals surface area (Å²) in [6.07, 6.45) is 2.42. The van der Waals surface area contributed by atoms with Crippen molar-refractivity contribution >= 4 is 46.5 Å². The zero-order chi connectivity index (χ0) is 29.0. The van der Waals surface area contributed by atoms with Crippen LogP contribution in [0, 0.1) is 5.92 Å². The van der Waals surface area contributed by atoms with Gasteiger partial charge in [-0.2, -0.15) is 0 Å². The molecule has 41 heavy (non-hydrogen) atoms. The summed E-state index contributed by atoms with van der Waals surface area (Å²) in [5.41, 5.74) is 4.21. The average molecular weight is 587 g/mol. The van der Waals surface area contributed by atoms with Crippen molar-refractivity contribution in [3.8, 4) is 11.1 Å². The minimum atomic E-state index is -0.957. The van der Waals surface area contributed by atoms with Gasteiger partial charge in [0.2, 0.25) is 5.91 Å². The Morgan fingerprint density at radius 3 is 2.05 bits per heavy atom. The van der Waals surface area contributed by atoms with Crippen LogP contribution in [-0.4, -0.2) is 22.8 Å². The van der Waals surface area contributed by atoms with Crippen LogP contribution < -0.4 is 5.32 Å². The molecule has 1 amide bonds. The van der Waals surface area contributed by atoms with Gasteiger partial charge in [-0.1, -0.05) is 96.0 Å². The first-order valence-electron chi connectivity index (χ1n) is 13.5. The molecule has 0 bridgehead atoms. The van der Waals surface area contributed by atoms with Gasteiger partial charge in [0.15, 0.2) is 5.78 Å². The number of nitrogens with one attached hydrogen (secondary N) is 1. The van der Waals surface area contributed by atoms with E-state index in [0.29, 0.717) is 34.1 Å². The minimum Gasteiger partial charge on any atom is -0.481 e. The molecule has 1 aliphatic carbocycles. The van der Waals surface area contributed by atoms with Gasteiger partial charge < -0.3 is 10.4 Å². The van der Waals surface area contributed by atoms with Crippen molar-refractivity contribution in [1.29, 1.82) is 0 Å². The fourth-order valence-corrected chi connectivity index (χ4v) is 5.70. The summed E-state index contributed by atoms with van der Waals surface area (Å²) < 4.78 is 0. The number of anilines is 1. The topological polar surface area (TPSA) is 83.5 Å². The second-order valence-electron chi connectivity index (χ2n) is 10.5. The van der Waals surface area contributed by atoms with E-state index in [-0.39, 0.29) is 18.1 Å². The molecule has 1 atom stereocenters. The number of amides is 1. The summed E-state index contributed by atoms with van der Waals surface area (Å²) >= 11 is 12.4. The number of halogens is 2. The van der Waals surface area contributed by atoms with E-state index in [1.54, 1.807) is 24.3 Å². The van der Waals surface area contributed by atoms with E-state index in [0.717, 1.165) is 35.1 Å². The lowest BCUT2D eigenvalue weighted by Gasteiger charge is -2.17. The number of aliphatic carboxylic acids is 1. The predicted molar refractivity (Wildman–Crippen MR) is 163 cm³/mol. The van der Waals surface area contributed by atoms with Gasteiger partial charge in [0.05, 0.1) is 11.3 Å². The molecule has 0 radical (unpaired) electrons. The highest BCUT2D eigenvalue weighted by atomic mass is 35.5. The maximum Gasteiger partial charge on any atom is 0.306 e. The molecule has 0 spiro atoms. The molecule has 1 saturated carbocycles. The molecule has 5 rings (SSSR count). The molecule has 0 saturated heterocycles. The smallest absolute Gasteiger partial charge is 0.306 e. The number of carbonyl (C=O) groups excluding carboxylic acids is 2. The van der Waals surface area contributed by atoms with E-state index in [4.69, 9.17) is 23.2 Å². The van der Waals surface area contributed by atoms with Crippen LogP contribution in [0.25, 0.3) is 11.1 Å². The third-order valence-electron chi connectivity index (χ3n) is 7.72. The highest BCUT2D eigenvalue weighted by Gasteiger charge is 2.52. The van der Waals surface area contributed by atoms with Crippen LogP contribution in [0.4, 0.5) is 5.69 Å². The van der Waals surface area contributed by atoms with Crippen LogP contribution in [0.1, 0.15) is 47.2 Å². The number of Topliss-reactive ketones (excluding diaryl/α,β-unsaturated/α-hetero) is 1. The Morgan fingerprint density at radius 1 is 0.829 bits per heavy atom. The lowest BCUT2D eigenvalue weighted by atomic mass is 9.92. The molecule has 1 unspecified atom stereocenters. The summed E-state index contributed by atoms with van der Waals surface area (Å²) in [5.74, 6) is -1.98. The van der Waals surface area contributed by atoms with E-state index in [2.05, 4.69) is 5.32 Å². The summed E-state index contributed by atoms with van der Waals surface area (Å²) in [6, 6.07) is 29.6. The van der Waals surface area contributed by atoms with Crippen LogP contribution in [-0.2, 0) is 21.4 Å². The Morgan fingerprint density at radius 2 is 1.46 bits per heavy atom. The van der Waals surface area contributed by atoms with Crippen LogP contribution in [0.15, 0.2) is 97.1 Å². The third kappa shape index (κ3) is 6.70. The number of rotatable bonds is 11. The molecule has 0 aliphatic heterocycles. The van der Waals surface area contributed by atoms with Gasteiger partial charge in [-0.15, -0.1) is 0 Å². The third-order valence-corrected chi connectivity index (χ3v) is 8.27. The van der Waals surface area contributed by atoms with E-state index in [9.17, 15) is 19.5 Å². The minimum absolute atomic E-state index is 0.0430. The lowest BCUT2D eigenvalue weighted by molar-refractivity contribution is -0.141. The highest BCUT2D eigenvalue weighted by Crippen LogP contribution is 2.51. The van der Waals surface area contributed by atoms with Crippen LogP contribution in [0.5, 0.6) is 0 Å². The molecule has 1 fully saturated rings. The molecule has 208 valence electrons. The molecule has 7 heteroatoms. The van der Waals surface area contributed by atoms with Gasteiger partial charge in [-0.3, -0.25) is 14.4 Å². The number of carboxylic acids is 1. The predicted octanol–water partition coefficient (Wildman–Crippen LogP) is 8.24. The Balaban J connectivity index is 1.20. The van der Waals surface area contributed by atoms with Crippen molar-refractivity contribution in [2.24, 2.45) is 5.92 Å². The van der Waals surface area contributed by atoms with Gasteiger partial charge in [0.25, 0.3) is 0 Å². The standard InChI is InChI=1S/C34H29Cl2NO4/c35-27-14-17-29(30(36)21-27)34(18-19-34)33(41)37-28-15-12-24(13-16-28)23-8-10-25(11-9-23)31(38)20-26(32(39)40)7-6-22-4-2-1-3-5-22/h1-5,8-17,21,26H,6-7,18-20H2,(H,37,41)(H,39,40). The zero-order valence-electron chi connectivity index (χ0n) is 22.3. The fraction of sp³-hybridized carbons (Fsp3) is 0.206. The molecule has 5 nitrogen and oxygen atoms in total. The monoisotopic (exact) mass is 585 g/mol. The van der Waals surface area contributed by atoms with Crippen molar-refractivity contribution in [3.63, 3.8) is 0 Å². The number of aryl methyl sites for hydroxylation is 1. The maximum absolute atomic E-state index is 13.2. The number of hydrogen-bond acceptors (Lipinski definition) is 3. The molecule has 4 aromatic rings. The summed E-state index contributed by atoms with van der Waals surface area (Å²) in [5, 5.41) is 13.7. The Bertz CT molecular complexity index is 1560. The van der Waals surface area contributed by atoms with Crippen molar-refractivity contribution in [2.45, 2.75) is 37.5 Å². The quantitative estimate of drug-likeness (QED) is 0.174. The second kappa shape index (κ2) is 12.3. The van der Waals surface area contributed by atoms with Gasteiger partial charge in [0, 0.05) is 27.7 Å². The number of ketones is 1. The normalized spacial score (nSPS) is 14.2. The van der Waals surface area contributed by atoms with Crippen LogP contribution in [0.3, 0.4) is 0 Å². The van der Waals surface area contributed by atoms with Gasteiger partial charge in [-0.25, -0.2) is 0 Å². The van der Waals surface area contributed by atoms with Crippen molar-refractivity contribution in [2.75, 3.05) is 5.32 Å². The summed E-state index contributed by atoms with van der Waals surface area (Å²) in [4.78, 5) is 37.8. The summed E-state index contributed by atoms with van der Waals surface area (Å²) in [7, 11) is 0. The van der Waals surface area contributed by atoms with Crippen molar-refractivity contribution in [1.82, 2.24) is 0 Å². The molecule has 0 heterocycles. The van der Waals surface area contributed by atoms with E-state index >= 15 is 0 Å². The van der Waals surface area contributed by atoms with Crippen LogP contribution >= 0.6 is 23.2 Å². The molecule has 2 N–H and O–H groups in total. The first kappa shape index (κ1) is 28.6. The Hall–Kier alpha value is -3.93. The largest absolute Gasteiger partial charge is 0.481 e.